The van der Waals surface area contributed by atoms with E-state index in [0.717, 1.165) is 17.8 Å². The van der Waals surface area contributed by atoms with Gasteiger partial charge in [0.25, 0.3) is 5.69 Å². The van der Waals surface area contributed by atoms with Crippen molar-refractivity contribution in [3.05, 3.63) is 76.0 Å². The summed E-state index contributed by atoms with van der Waals surface area (Å²) in [5, 5.41) is 11.7. The van der Waals surface area contributed by atoms with Crippen molar-refractivity contribution < 1.29 is 22.8 Å². The van der Waals surface area contributed by atoms with E-state index in [4.69, 9.17) is 4.74 Å². The van der Waals surface area contributed by atoms with Crippen LogP contribution in [-0.2, 0) is 10.9 Å². The Balaban J connectivity index is 1.64. The molecular formula is C20H16F3N3O3. The average Bonchev–Trinajstić information content (AvgIpc) is 2.72. The summed E-state index contributed by atoms with van der Waals surface area (Å²) in [7, 11) is 0. The summed E-state index contributed by atoms with van der Waals surface area (Å²) in [5.41, 5.74) is 1.15. The minimum absolute atomic E-state index is 0.0237. The van der Waals surface area contributed by atoms with Crippen molar-refractivity contribution in [1.82, 2.24) is 4.98 Å². The maximum absolute atomic E-state index is 12.8. The van der Waals surface area contributed by atoms with Crippen molar-refractivity contribution in [1.29, 1.82) is 0 Å². The quantitative estimate of drug-likeness (QED) is 0.467. The molecule has 0 bridgehead atoms. The third kappa shape index (κ3) is 3.73. The van der Waals surface area contributed by atoms with E-state index in [2.05, 4.69) is 4.98 Å². The molecule has 6 nitrogen and oxygen atoms in total. The molecule has 150 valence electrons. The summed E-state index contributed by atoms with van der Waals surface area (Å²) in [4.78, 5) is 17.2. The Bertz CT molecular complexity index is 1050. The lowest BCUT2D eigenvalue weighted by molar-refractivity contribution is -0.383. The normalized spacial score (nSPS) is 17.5. The van der Waals surface area contributed by atoms with E-state index < -0.39 is 22.8 Å². The van der Waals surface area contributed by atoms with E-state index in [1.165, 1.54) is 18.2 Å². The highest BCUT2D eigenvalue weighted by Crippen LogP contribution is 2.35. The molecule has 1 aliphatic heterocycles. The highest BCUT2D eigenvalue weighted by molar-refractivity contribution is 5.97. The maximum Gasteiger partial charge on any atom is 0.416 e. The van der Waals surface area contributed by atoms with Crippen LogP contribution in [0.15, 0.2) is 54.7 Å². The number of morpholine rings is 1. The Labute approximate surface area is 163 Å². The number of ether oxygens (including phenoxy) is 1. The van der Waals surface area contributed by atoms with Crippen LogP contribution in [0.1, 0.15) is 17.2 Å². The fourth-order valence-corrected chi connectivity index (χ4v) is 3.51. The molecule has 1 aliphatic rings. The van der Waals surface area contributed by atoms with Gasteiger partial charge in [-0.25, -0.2) is 0 Å². The Kier molecular flexibility index (Phi) is 4.83. The topological polar surface area (TPSA) is 68.5 Å². The Hall–Kier alpha value is -3.20. The standard InChI is InChI=1S/C20H16F3N3O3/c21-20(22,23)14-5-3-13(4-6-14)18-12-25(10-11-29-18)17-8-7-16(26(27)28)15-2-1-9-24-19(15)17/h1-9,18H,10-12H2. The van der Waals surface area contributed by atoms with Crippen molar-refractivity contribution in [2.75, 3.05) is 24.6 Å². The second kappa shape index (κ2) is 7.32. The van der Waals surface area contributed by atoms with Gasteiger partial charge in [-0.3, -0.25) is 15.1 Å². The number of benzene rings is 2. The van der Waals surface area contributed by atoms with Gasteiger partial charge in [0.15, 0.2) is 0 Å². The number of anilines is 1. The van der Waals surface area contributed by atoms with Crippen molar-refractivity contribution in [2.24, 2.45) is 0 Å². The lowest BCUT2D eigenvalue weighted by Crippen LogP contribution is -2.38. The molecule has 1 saturated heterocycles. The molecule has 1 fully saturated rings. The number of hydrogen-bond acceptors (Lipinski definition) is 5. The predicted octanol–water partition coefficient (Wildman–Crippen LogP) is 4.74. The number of nitro groups is 1. The van der Waals surface area contributed by atoms with E-state index in [1.54, 1.807) is 24.4 Å². The lowest BCUT2D eigenvalue weighted by atomic mass is 10.0. The van der Waals surface area contributed by atoms with Gasteiger partial charge in [0.05, 0.1) is 28.2 Å². The molecule has 4 rings (SSSR count). The molecule has 29 heavy (non-hydrogen) atoms. The van der Waals surface area contributed by atoms with Crippen molar-refractivity contribution in [2.45, 2.75) is 12.3 Å². The minimum atomic E-state index is -4.39. The number of aromatic nitrogens is 1. The minimum Gasteiger partial charge on any atom is -0.370 e. The predicted molar refractivity (Wildman–Crippen MR) is 101 cm³/mol. The van der Waals surface area contributed by atoms with Gasteiger partial charge in [-0.1, -0.05) is 12.1 Å². The van der Waals surface area contributed by atoms with Crippen LogP contribution >= 0.6 is 0 Å². The van der Waals surface area contributed by atoms with Gasteiger partial charge in [-0.2, -0.15) is 13.2 Å². The third-order valence-electron chi connectivity index (χ3n) is 4.94. The Morgan fingerprint density at radius 3 is 2.59 bits per heavy atom. The molecule has 0 amide bonds. The summed E-state index contributed by atoms with van der Waals surface area (Å²) in [5.74, 6) is 0. The van der Waals surface area contributed by atoms with E-state index in [0.29, 0.717) is 36.2 Å². The number of alkyl halides is 3. The Morgan fingerprint density at radius 1 is 1.14 bits per heavy atom. The highest BCUT2D eigenvalue weighted by Gasteiger charge is 2.31. The van der Waals surface area contributed by atoms with Crippen LogP contribution in [0.2, 0.25) is 0 Å². The molecule has 1 atom stereocenters. The van der Waals surface area contributed by atoms with Crippen LogP contribution in [0.25, 0.3) is 10.9 Å². The molecule has 2 heterocycles. The van der Waals surface area contributed by atoms with E-state index >= 15 is 0 Å². The number of nitrogens with zero attached hydrogens (tertiary/aromatic N) is 3. The van der Waals surface area contributed by atoms with Crippen molar-refractivity contribution >= 4 is 22.3 Å². The molecule has 3 aromatic rings. The number of non-ortho nitro benzene ring substituents is 1. The van der Waals surface area contributed by atoms with Crippen LogP contribution < -0.4 is 4.90 Å². The maximum atomic E-state index is 12.8. The molecule has 2 aromatic carbocycles. The van der Waals surface area contributed by atoms with Gasteiger partial charge in [0.2, 0.25) is 0 Å². The first kappa shape index (κ1) is 19.1. The molecular weight excluding hydrogens is 387 g/mol. The molecule has 0 saturated carbocycles. The summed E-state index contributed by atoms with van der Waals surface area (Å²) in [6.07, 6.45) is -3.23. The van der Waals surface area contributed by atoms with Gasteiger partial charge in [-0.05, 0) is 35.9 Å². The van der Waals surface area contributed by atoms with Crippen LogP contribution in [0, 0.1) is 10.1 Å². The number of rotatable bonds is 3. The molecule has 1 aromatic heterocycles. The van der Waals surface area contributed by atoms with Gasteiger partial charge in [-0.15, -0.1) is 0 Å². The van der Waals surface area contributed by atoms with Gasteiger partial charge < -0.3 is 9.64 Å². The molecule has 0 radical (unpaired) electrons. The SMILES string of the molecule is O=[N+]([O-])c1ccc(N2CCOC(c3ccc(C(F)(F)F)cc3)C2)c2ncccc12. The van der Waals surface area contributed by atoms with Crippen molar-refractivity contribution in [3.63, 3.8) is 0 Å². The molecule has 1 unspecified atom stereocenters. The van der Waals surface area contributed by atoms with E-state index in [1.807, 2.05) is 4.90 Å². The Morgan fingerprint density at radius 2 is 1.90 bits per heavy atom. The summed E-state index contributed by atoms with van der Waals surface area (Å²) < 4.78 is 44.1. The molecule has 0 N–H and O–H groups in total. The van der Waals surface area contributed by atoms with Crippen molar-refractivity contribution in [3.8, 4) is 0 Å². The fourth-order valence-electron chi connectivity index (χ4n) is 3.51. The largest absolute Gasteiger partial charge is 0.416 e. The van der Waals surface area contributed by atoms with Gasteiger partial charge >= 0.3 is 6.18 Å². The van der Waals surface area contributed by atoms with Crippen LogP contribution in [0.5, 0.6) is 0 Å². The molecule has 0 aliphatic carbocycles. The number of nitro benzene ring substituents is 1. The van der Waals surface area contributed by atoms with E-state index in [-0.39, 0.29) is 5.69 Å². The summed E-state index contributed by atoms with van der Waals surface area (Å²) in [6.45, 7) is 1.31. The second-order valence-corrected chi connectivity index (χ2v) is 6.69. The van der Waals surface area contributed by atoms with Gasteiger partial charge in [0.1, 0.15) is 11.6 Å². The van der Waals surface area contributed by atoms with Gasteiger partial charge in [0, 0.05) is 25.4 Å². The zero-order chi connectivity index (χ0) is 20.6. The first-order valence-electron chi connectivity index (χ1n) is 8.90. The third-order valence-corrected chi connectivity index (χ3v) is 4.94. The molecule has 0 spiro atoms. The van der Waals surface area contributed by atoms with Crippen LogP contribution in [0.3, 0.4) is 0 Å². The number of fused-ring (bicyclic) bond motifs is 1. The summed E-state index contributed by atoms with van der Waals surface area (Å²) >= 11 is 0. The highest BCUT2D eigenvalue weighted by atomic mass is 19.4. The molecule has 9 heteroatoms. The zero-order valence-electron chi connectivity index (χ0n) is 15.1. The monoisotopic (exact) mass is 403 g/mol. The second-order valence-electron chi connectivity index (χ2n) is 6.69. The first-order chi connectivity index (χ1) is 13.8. The number of pyridine rings is 1. The number of halogens is 3. The number of hydrogen-bond donors (Lipinski definition) is 0. The van der Waals surface area contributed by atoms with Crippen LogP contribution in [0.4, 0.5) is 24.5 Å². The van der Waals surface area contributed by atoms with E-state index in [9.17, 15) is 23.3 Å². The van der Waals surface area contributed by atoms with Crippen LogP contribution in [-0.4, -0.2) is 29.6 Å². The smallest absolute Gasteiger partial charge is 0.370 e. The average molecular weight is 403 g/mol. The summed E-state index contributed by atoms with van der Waals surface area (Å²) in [6, 6.07) is 11.3. The first-order valence-corrected chi connectivity index (χ1v) is 8.90. The fraction of sp³-hybridized carbons (Fsp3) is 0.250. The lowest BCUT2D eigenvalue weighted by Gasteiger charge is -2.35. The zero-order valence-corrected chi connectivity index (χ0v) is 15.1.